The zero-order valence-electron chi connectivity index (χ0n) is 23.3. The number of pyridine rings is 1. The van der Waals surface area contributed by atoms with Gasteiger partial charge in [-0.3, -0.25) is 9.36 Å². The lowest BCUT2D eigenvalue weighted by Crippen LogP contribution is -2.47. The van der Waals surface area contributed by atoms with Gasteiger partial charge in [-0.25, -0.2) is 0 Å². The summed E-state index contributed by atoms with van der Waals surface area (Å²) in [7, 11) is 1.62. The van der Waals surface area contributed by atoms with E-state index in [1.165, 1.54) is 0 Å². The van der Waals surface area contributed by atoms with E-state index in [1.807, 2.05) is 85.8 Å². The number of benzene rings is 3. The van der Waals surface area contributed by atoms with Crippen LogP contribution in [0.15, 0.2) is 100.0 Å². The van der Waals surface area contributed by atoms with Crippen molar-refractivity contribution in [1.82, 2.24) is 9.47 Å². The fourth-order valence-corrected chi connectivity index (χ4v) is 5.01. The monoisotopic (exact) mass is 537 g/mol. The van der Waals surface area contributed by atoms with Crippen LogP contribution < -0.4 is 19.9 Å². The van der Waals surface area contributed by atoms with Crippen LogP contribution in [0.4, 0.5) is 17.2 Å². The molecule has 1 saturated heterocycles. The van der Waals surface area contributed by atoms with Gasteiger partial charge >= 0.3 is 0 Å². The van der Waals surface area contributed by atoms with Crippen molar-refractivity contribution in [2.24, 2.45) is 10.2 Å². The Kier molecular flexibility index (Phi) is 8.56. The van der Waals surface area contributed by atoms with Gasteiger partial charge in [-0.15, -0.1) is 10.2 Å². The standard InChI is InChI=1S/C32H35N5O3/c1-4-35-19-21-36(22-20-35)32-31(34-33-28-13-9-10-14-29(28)39-3)27(24-15-17-26(18-16-24)40-5-2)23-30(38)37(32)25-11-7-6-8-12-25/h6-18,23H,4-5,19-22H2,1-3H3. The summed E-state index contributed by atoms with van der Waals surface area (Å²) >= 11 is 0. The topological polar surface area (TPSA) is 71.7 Å². The average molecular weight is 538 g/mol. The van der Waals surface area contributed by atoms with Crippen molar-refractivity contribution in [3.05, 3.63) is 95.3 Å². The van der Waals surface area contributed by atoms with Crippen LogP contribution in [0.2, 0.25) is 0 Å². The Morgan fingerprint density at radius 1 is 0.825 bits per heavy atom. The minimum atomic E-state index is -0.126. The van der Waals surface area contributed by atoms with E-state index in [0.717, 1.165) is 55.5 Å². The van der Waals surface area contributed by atoms with E-state index >= 15 is 0 Å². The number of likely N-dealkylation sites (N-methyl/N-ethyl adjacent to an activating group) is 1. The van der Waals surface area contributed by atoms with Crippen LogP contribution in [0.25, 0.3) is 16.8 Å². The molecule has 0 amide bonds. The van der Waals surface area contributed by atoms with Gasteiger partial charge in [-0.1, -0.05) is 49.4 Å². The second-order valence-electron chi connectivity index (χ2n) is 9.49. The summed E-state index contributed by atoms with van der Waals surface area (Å²) in [5, 5.41) is 9.51. The lowest BCUT2D eigenvalue weighted by atomic mass is 10.0. The average Bonchev–Trinajstić information content (AvgIpc) is 3.01. The number of ether oxygens (including phenoxy) is 2. The van der Waals surface area contributed by atoms with Crippen LogP contribution in [0.1, 0.15) is 13.8 Å². The number of anilines is 1. The van der Waals surface area contributed by atoms with Crippen molar-refractivity contribution in [3.63, 3.8) is 0 Å². The molecule has 0 aliphatic carbocycles. The Bertz CT molecular complexity index is 1510. The summed E-state index contributed by atoms with van der Waals surface area (Å²) < 4.78 is 13.0. The number of aromatic nitrogens is 1. The molecule has 0 spiro atoms. The Morgan fingerprint density at radius 2 is 1.52 bits per heavy atom. The molecule has 0 N–H and O–H groups in total. The maximum atomic E-state index is 13.9. The zero-order valence-corrected chi connectivity index (χ0v) is 23.3. The van der Waals surface area contributed by atoms with Gasteiger partial charge in [0.25, 0.3) is 5.56 Å². The fourth-order valence-electron chi connectivity index (χ4n) is 5.01. The molecule has 206 valence electrons. The smallest absolute Gasteiger partial charge is 0.257 e. The van der Waals surface area contributed by atoms with Gasteiger partial charge in [-0.2, -0.15) is 0 Å². The highest BCUT2D eigenvalue weighted by molar-refractivity contribution is 5.84. The highest BCUT2D eigenvalue weighted by Gasteiger charge is 2.26. The molecule has 1 aromatic heterocycles. The van der Waals surface area contributed by atoms with Crippen LogP contribution in [-0.2, 0) is 0 Å². The Balaban J connectivity index is 1.75. The van der Waals surface area contributed by atoms with Gasteiger partial charge in [0.05, 0.1) is 19.4 Å². The van der Waals surface area contributed by atoms with E-state index in [1.54, 1.807) is 17.7 Å². The number of rotatable bonds is 9. The van der Waals surface area contributed by atoms with E-state index in [-0.39, 0.29) is 5.56 Å². The van der Waals surface area contributed by atoms with E-state index in [4.69, 9.17) is 14.6 Å². The second-order valence-corrected chi connectivity index (χ2v) is 9.49. The van der Waals surface area contributed by atoms with Gasteiger partial charge in [0.15, 0.2) is 0 Å². The summed E-state index contributed by atoms with van der Waals surface area (Å²) in [5.74, 6) is 2.14. The second kappa shape index (κ2) is 12.6. The number of methoxy groups -OCH3 is 1. The minimum Gasteiger partial charge on any atom is -0.494 e. The van der Waals surface area contributed by atoms with Crippen LogP contribution in [0.5, 0.6) is 11.5 Å². The number of piperazine rings is 1. The molecular formula is C32H35N5O3. The summed E-state index contributed by atoms with van der Waals surface area (Å²) in [4.78, 5) is 18.6. The zero-order chi connectivity index (χ0) is 27.9. The molecule has 1 aliphatic heterocycles. The first-order valence-corrected chi connectivity index (χ1v) is 13.7. The van der Waals surface area contributed by atoms with Gasteiger partial charge < -0.3 is 19.3 Å². The lowest BCUT2D eigenvalue weighted by molar-refractivity contribution is 0.270. The largest absolute Gasteiger partial charge is 0.494 e. The van der Waals surface area contributed by atoms with Crippen molar-refractivity contribution in [2.45, 2.75) is 13.8 Å². The molecule has 2 heterocycles. The summed E-state index contributed by atoms with van der Waals surface area (Å²) in [6, 6.07) is 26.7. The third-order valence-corrected chi connectivity index (χ3v) is 7.12. The highest BCUT2D eigenvalue weighted by atomic mass is 16.5. The fraction of sp³-hybridized carbons (Fsp3) is 0.281. The first-order chi connectivity index (χ1) is 19.6. The Hall–Kier alpha value is -4.43. The molecule has 5 rings (SSSR count). The molecule has 0 saturated carbocycles. The highest BCUT2D eigenvalue weighted by Crippen LogP contribution is 2.41. The molecule has 0 bridgehead atoms. The van der Waals surface area contributed by atoms with Crippen LogP contribution in [0.3, 0.4) is 0 Å². The molecule has 4 aromatic rings. The molecule has 3 aromatic carbocycles. The van der Waals surface area contributed by atoms with Crippen LogP contribution >= 0.6 is 0 Å². The quantitative estimate of drug-likeness (QED) is 0.229. The molecule has 8 nitrogen and oxygen atoms in total. The third kappa shape index (κ3) is 5.77. The van der Waals surface area contributed by atoms with Gasteiger partial charge in [0, 0.05) is 37.8 Å². The predicted octanol–water partition coefficient (Wildman–Crippen LogP) is 6.47. The minimum absolute atomic E-state index is 0.126. The van der Waals surface area contributed by atoms with E-state index in [9.17, 15) is 4.79 Å². The number of hydrogen-bond donors (Lipinski definition) is 0. The number of hydrogen-bond acceptors (Lipinski definition) is 7. The number of azo groups is 1. The van der Waals surface area contributed by atoms with Crippen molar-refractivity contribution in [1.29, 1.82) is 0 Å². The molecular weight excluding hydrogens is 502 g/mol. The summed E-state index contributed by atoms with van der Waals surface area (Å²) in [6.07, 6.45) is 0. The molecule has 1 aliphatic rings. The van der Waals surface area contributed by atoms with E-state index < -0.39 is 0 Å². The summed E-state index contributed by atoms with van der Waals surface area (Å²) in [5.41, 5.74) is 3.48. The van der Waals surface area contributed by atoms with Gasteiger partial charge in [0.1, 0.15) is 28.7 Å². The molecule has 0 atom stereocenters. The molecule has 40 heavy (non-hydrogen) atoms. The van der Waals surface area contributed by atoms with Crippen molar-refractivity contribution in [3.8, 4) is 28.3 Å². The third-order valence-electron chi connectivity index (χ3n) is 7.12. The number of nitrogens with zero attached hydrogens (tertiary/aromatic N) is 5. The van der Waals surface area contributed by atoms with Gasteiger partial charge in [0.2, 0.25) is 0 Å². The van der Waals surface area contributed by atoms with Crippen molar-refractivity contribution >= 4 is 17.2 Å². The predicted molar refractivity (Wildman–Crippen MR) is 160 cm³/mol. The normalized spacial score (nSPS) is 14.0. The lowest BCUT2D eigenvalue weighted by Gasteiger charge is -2.37. The summed E-state index contributed by atoms with van der Waals surface area (Å²) in [6.45, 7) is 9.04. The molecule has 0 unspecified atom stereocenters. The maximum Gasteiger partial charge on any atom is 0.257 e. The Labute approximate surface area is 235 Å². The van der Waals surface area contributed by atoms with Crippen molar-refractivity contribution < 1.29 is 9.47 Å². The molecule has 0 radical (unpaired) electrons. The van der Waals surface area contributed by atoms with Crippen LogP contribution in [-0.4, -0.2) is 55.9 Å². The maximum absolute atomic E-state index is 13.9. The van der Waals surface area contributed by atoms with Crippen molar-refractivity contribution in [2.75, 3.05) is 51.3 Å². The molecule has 8 heteroatoms. The first kappa shape index (κ1) is 27.1. The SMILES string of the molecule is CCOc1ccc(-c2cc(=O)n(-c3ccccc3)c(N3CCN(CC)CC3)c2N=Nc2ccccc2OC)cc1. The molecule has 1 fully saturated rings. The Morgan fingerprint density at radius 3 is 2.20 bits per heavy atom. The number of para-hydroxylation sites is 2. The van der Waals surface area contributed by atoms with E-state index in [2.05, 4.69) is 21.8 Å². The first-order valence-electron chi connectivity index (χ1n) is 13.7. The van der Waals surface area contributed by atoms with E-state index in [0.29, 0.717) is 29.3 Å². The van der Waals surface area contributed by atoms with Crippen LogP contribution in [0, 0.1) is 0 Å². The van der Waals surface area contributed by atoms with Gasteiger partial charge in [-0.05, 0) is 55.4 Å².